The number of unbranched alkanes of at least 4 members (excludes halogenated alkanes) is 1. The number of pyridine rings is 1. The number of esters is 1. The number of carbonyl (C=O) groups excluding carboxylic acids is 3. The number of rotatable bonds is 16. The molecule has 0 bridgehead atoms. The minimum absolute atomic E-state index is 0.103. The molecule has 2 N–H and O–H groups in total. The van der Waals surface area contributed by atoms with E-state index in [4.69, 9.17) is 18.9 Å². The first kappa shape index (κ1) is 27.9. The molecule has 0 aliphatic heterocycles. The molecule has 0 aliphatic carbocycles. The number of nitrogens with zero attached hydrogens (tertiary/aromatic N) is 1. The van der Waals surface area contributed by atoms with E-state index in [9.17, 15) is 14.4 Å². The lowest BCUT2D eigenvalue weighted by atomic mass is 10.2. The Balaban J connectivity index is 2.43. The maximum atomic E-state index is 12.3. The zero-order valence-corrected chi connectivity index (χ0v) is 19.7. The van der Waals surface area contributed by atoms with Crippen LogP contribution in [-0.4, -0.2) is 63.0 Å². The van der Waals surface area contributed by atoms with E-state index >= 15 is 0 Å². The monoisotopic (exact) mass is 465 g/mol. The summed E-state index contributed by atoms with van der Waals surface area (Å²) in [6.45, 7) is 5.75. The first-order valence-electron chi connectivity index (χ1n) is 11.2. The summed E-state index contributed by atoms with van der Waals surface area (Å²) >= 11 is 0. The van der Waals surface area contributed by atoms with Crippen LogP contribution in [0.15, 0.2) is 24.4 Å². The first-order valence-corrected chi connectivity index (χ1v) is 11.2. The van der Waals surface area contributed by atoms with Crippen molar-refractivity contribution in [2.24, 2.45) is 0 Å². The number of methoxy groups -OCH3 is 1. The molecule has 1 aromatic heterocycles. The summed E-state index contributed by atoms with van der Waals surface area (Å²) in [6.07, 6.45) is 8.58. The fourth-order valence-corrected chi connectivity index (χ4v) is 2.45. The van der Waals surface area contributed by atoms with E-state index in [1.165, 1.54) is 19.4 Å². The van der Waals surface area contributed by atoms with Crippen molar-refractivity contribution in [3.63, 3.8) is 0 Å². The Hall–Kier alpha value is -3.14. The molecule has 0 aromatic carbocycles. The molecule has 0 atom stereocenters. The summed E-state index contributed by atoms with van der Waals surface area (Å²) < 4.78 is 20.7. The van der Waals surface area contributed by atoms with Gasteiger partial charge in [0.2, 0.25) is 0 Å². The Morgan fingerprint density at radius 3 is 2.58 bits per heavy atom. The number of allylic oxidation sites excluding steroid dienone is 1. The van der Waals surface area contributed by atoms with Crippen LogP contribution >= 0.6 is 0 Å². The van der Waals surface area contributed by atoms with E-state index in [2.05, 4.69) is 22.5 Å². The highest BCUT2D eigenvalue weighted by molar-refractivity contribution is 5.94. The molecule has 0 spiro atoms. The highest BCUT2D eigenvalue weighted by Crippen LogP contribution is 2.25. The number of amides is 2. The number of nitrogens with one attached hydrogen (secondary N) is 2. The van der Waals surface area contributed by atoms with Gasteiger partial charge >= 0.3 is 12.1 Å². The summed E-state index contributed by atoms with van der Waals surface area (Å²) in [6, 6.07) is 1.42. The summed E-state index contributed by atoms with van der Waals surface area (Å²) in [5.41, 5.74) is 0.257. The fraction of sp³-hybridized carbons (Fsp3) is 0.565. The van der Waals surface area contributed by atoms with E-state index in [-0.39, 0.29) is 36.3 Å². The fourth-order valence-electron chi connectivity index (χ4n) is 2.45. The van der Waals surface area contributed by atoms with Crippen LogP contribution in [0.4, 0.5) is 4.79 Å². The SMILES string of the molecule is CCC=CCCOC(=O)CNC(=O)Oc1ncc(C(=O)NCCCOCCCC)cc1OC. The number of hydrogen-bond donors (Lipinski definition) is 2. The van der Waals surface area contributed by atoms with Gasteiger partial charge in [-0.1, -0.05) is 32.4 Å². The second kappa shape index (κ2) is 17.4. The largest absolute Gasteiger partial charge is 0.491 e. The van der Waals surface area contributed by atoms with Crippen LogP contribution in [-0.2, 0) is 14.3 Å². The van der Waals surface area contributed by atoms with Crippen molar-refractivity contribution in [1.29, 1.82) is 0 Å². The number of aromatic nitrogens is 1. The van der Waals surface area contributed by atoms with Crippen molar-refractivity contribution in [1.82, 2.24) is 15.6 Å². The molecule has 2 amide bonds. The van der Waals surface area contributed by atoms with Crippen LogP contribution in [0.1, 0.15) is 56.3 Å². The number of carbonyl (C=O) groups is 3. The number of hydrogen-bond acceptors (Lipinski definition) is 8. The predicted molar refractivity (Wildman–Crippen MR) is 122 cm³/mol. The third kappa shape index (κ3) is 12.5. The zero-order chi connectivity index (χ0) is 24.3. The van der Waals surface area contributed by atoms with E-state index in [1.807, 2.05) is 19.1 Å². The predicted octanol–water partition coefficient (Wildman–Crippen LogP) is 3.01. The summed E-state index contributed by atoms with van der Waals surface area (Å²) in [4.78, 5) is 39.8. The Morgan fingerprint density at radius 1 is 1.06 bits per heavy atom. The molecule has 33 heavy (non-hydrogen) atoms. The minimum Gasteiger partial charge on any atom is -0.491 e. The second-order valence-corrected chi connectivity index (χ2v) is 6.94. The lowest BCUT2D eigenvalue weighted by Crippen LogP contribution is -2.33. The summed E-state index contributed by atoms with van der Waals surface area (Å²) in [5.74, 6) is -0.943. The van der Waals surface area contributed by atoms with E-state index in [0.29, 0.717) is 26.0 Å². The quantitative estimate of drug-likeness (QED) is 0.217. The van der Waals surface area contributed by atoms with Crippen molar-refractivity contribution in [2.75, 3.05) is 40.0 Å². The molecule has 1 heterocycles. The van der Waals surface area contributed by atoms with Crippen LogP contribution in [0.5, 0.6) is 11.6 Å². The second-order valence-electron chi connectivity index (χ2n) is 6.94. The molecular weight excluding hydrogens is 430 g/mol. The van der Waals surface area contributed by atoms with Gasteiger partial charge in [0.25, 0.3) is 11.8 Å². The average molecular weight is 466 g/mol. The zero-order valence-electron chi connectivity index (χ0n) is 19.7. The Bertz CT molecular complexity index is 768. The third-order valence-corrected chi connectivity index (χ3v) is 4.21. The molecule has 0 unspecified atom stereocenters. The maximum Gasteiger partial charge on any atom is 0.414 e. The van der Waals surface area contributed by atoms with Gasteiger partial charge in [-0.05, 0) is 25.7 Å². The average Bonchev–Trinajstić information content (AvgIpc) is 2.82. The van der Waals surface area contributed by atoms with Crippen molar-refractivity contribution >= 4 is 18.0 Å². The van der Waals surface area contributed by atoms with Gasteiger partial charge in [-0.3, -0.25) is 9.59 Å². The number of ether oxygens (including phenoxy) is 4. The van der Waals surface area contributed by atoms with Crippen LogP contribution in [0.2, 0.25) is 0 Å². The Kier molecular flexibility index (Phi) is 14.7. The summed E-state index contributed by atoms with van der Waals surface area (Å²) in [5, 5.41) is 5.06. The van der Waals surface area contributed by atoms with E-state index in [1.54, 1.807) is 0 Å². The van der Waals surface area contributed by atoms with Gasteiger partial charge in [-0.2, -0.15) is 0 Å². The van der Waals surface area contributed by atoms with Gasteiger partial charge in [-0.25, -0.2) is 9.78 Å². The molecule has 10 nitrogen and oxygen atoms in total. The highest BCUT2D eigenvalue weighted by Gasteiger charge is 2.16. The van der Waals surface area contributed by atoms with Crippen LogP contribution < -0.4 is 20.1 Å². The van der Waals surface area contributed by atoms with Gasteiger partial charge < -0.3 is 29.6 Å². The molecule has 0 aliphatic rings. The van der Waals surface area contributed by atoms with Gasteiger partial charge in [0.15, 0.2) is 5.75 Å². The van der Waals surface area contributed by atoms with Gasteiger partial charge in [0.05, 0.1) is 19.3 Å². The third-order valence-electron chi connectivity index (χ3n) is 4.21. The van der Waals surface area contributed by atoms with Gasteiger partial charge in [0, 0.05) is 32.0 Å². The van der Waals surface area contributed by atoms with Gasteiger partial charge in [-0.15, -0.1) is 0 Å². The highest BCUT2D eigenvalue weighted by atomic mass is 16.6. The van der Waals surface area contributed by atoms with Crippen molar-refractivity contribution < 1.29 is 33.3 Å². The molecule has 0 saturated heterocycles. The van der Waals surface area contributed by atoms with E-state index in [0.717, 1.165) is 25.9 Å². The molecule has 0 saturated carbocycles. The molecular formula is C23H35N3O7. The maximum absolute atomic E-state index is 12.3. The van der Waals surface area contributed by atoms with Gasteiger partial charge in [0.1, 0.15) is 6.54 Å². The molecule has 10 heteroatoms. The topological polar surface area (TPSA) is 125 Å². The summed E-state index contributed by atoms with van der Waals surface area (Å²) in [7, 11) is 1.36. The van der Waals surface area contributed by atoms with Crippen LogP contribution in [0.3, 0.4) is 0 Å². The van der Waals surface area contributed by atoms with E-state index < -0.39 is 12.1 Å². The normalized spacial score (nSPS) is 10.6. The first-order chi connectivity index (χ1) is 16.0. The lowest BCUT2D eigenvalue weighted by molar-refractivity contribution is -0.142. The molecule has 184 valence electrons. The minimum atomic E-state index is -0.899. The van der Waals surface area contributed by atoms with Crippen molar-refractivity contribution in [2.45, 2.75) is 46.0 Å². The van der Waals surface area contributed by atoms with Crippen LogP contribution in [0, 0.1) is 0 Å². The molecule has 1 aromatic rings. The lowest BCUT2D eigenvalue weighted by Gasteiger charge is -2.11. The van der Waals surface area contributed by atoms with Crippen molar-refractivity contribution in [3.8, 4) is 11.6 Å². The Labute approximate surface area is 195 Å². The van der Waals surface area contributed by atoms with Crippen molar-refractivity contribution in [3.05, 3.63) is 30.0 Å². The molecule has 0 fully saturated rings. The molecule has 0 radical (unpaired) electrons. The standard InChI is InChI=1S/C23H35N3O7/c1-4-6-8-9-14-32-20(27)17-26-23(29)33-22-19(30-3)15-18(16-25-22)21(28)24-11-10-13-31-12-7-5-2/h6,8,15-16H,4-5,7,9-14,17H2,1-3H3,(H,24,28)(H,26,29). The Morgan fingerprint density at radius 2 is 1.85 bits per heavy atom. The molecule has 1 rings (SSSR count). The van der Waals surface area contributed by atoms with Crippen LogP contribution in [0.25, 0.3) is 0 Å². The smallest absolute Gasteiger partial charge is 0.414 e.